The van der Waals surface area contributed by atoms with Gasteiger partial charge in [0.2, 0.25) is 5.91 Å². The summed E-state index contributed by atoms with van der Waals surface area (Å²) in [7, 11) is 1.54. The van der Waals surface area contributed by atoms with Crippen LogP contribution in [-0.4, -0.2) is 61.0 Å². The van der Waals surface area contributed by atoms with Crippen molar-refractivity contribution >= 4 is 5.91 Å². The Hall–Kier alpha value is -0.730. The van der Waals surface area contributed by atoms with E-state index < -0.39 is 30.5 Å². The van der Waals surface area contributed by atoms with Crippen molar-refractivity contribution in [1.29, 1.82) is 0 Å². The normalized spacial score (nSPS) is 43.9. The highest BCUT2D eigenvalue weighted by Gasteiger charge is 2.54. The molecule has 0 spiro atoms. The van der Waals surface area contributed by atoms with Crippen LogP contribution in [0, 0.1) is 0 Å². The standard InChI is InChI=1S/C14H23NO6/c1-18-12-11(7(16)6-10(15)17)21-14-13(12)19-8-4-2-3-5-9(8)20-14/h7-9,11-14,16H,2-6H2,1H3,(H2,15,17)/t7-,8?,9?,11+,12+,13+,14-/m0/s1. The molecule has 3 rings (SSSR count). The fourth-order valence-electron chi connectivity index (χ4n) is 3.55. The third-order valence-corrected chi connectivity index (χ3v) is 4.55. The third-order valence-electron chi connectivity index (χ3n) is 4.55. The molecule has 7 heteroatoms. The van der Waals surface area contributed by atoms with Crippen LogP contribution in [-0.2, 0) is 23.7 Å². The average molecular weight is 301 g/mol. The summed E-state index contributed by atoms with van der Waals surface area (Å²) in [4.78, 5) is 11.0. The first kappa shape index (κ1) is 15.2. The monoisotopic (exact) mass is 301 g/mol. The number of aliphatic hydroxyl groups excluding tert-OH is 1. The molecule has 0 aromatic heterocycles. The molecule has 0 aromatic rings. The number of amides is 1. The van der Waals surface area contributed by atoms with Gasteiger partial charge in [0.05, 0.1) is 24.7 Å². The van der Waals surface area contributed by atoms with Gasteiger partial charge in [-0.25, -0.2) is 0 Å². The number of nitrogens with two attached hydrogens (primary N) is 1. The van der Waals surface area contributed by atoms with Crippen molar-refractivity contribution in [2.75, 3.05) is 7.11 Å². The maximum absolute atomic E-state index is 11.0. The van der Waals surface area contributed by atoms with E-state index in [1.165, 1.54) is 7.11 Å². The lowest BCUT2D eigenvalue weighted by Crippen LogP contribution is -2.52. The number of hydrogen-bond donors (Lipinski definition) is 2. The Morgan fingerprint density at radius 1 is 1.29 bits per heavy atom. The van der Waals surface area contributed by atoms with Crippen molar-refractivity contribution in [3.8, 4) is 0 Å². The molecule has 3 fully saturated rings. The van der Waals surface area contributed by atoms with Crippen molar-refractivity contribution in [3.05, 3.63) is 0 Å². The van der Waals surface area contributed by atoms with Crippen molar-refractivity contribution in [2.45, 2.75) is 75.0 Å². The first-order valence-corrected chi connectivity index (χ1v) is 7.55. The van der Waals surface area contributed by atoms with Crippen LogP contribution in [0.25, 0.3) is 0 Å². The molecule has 0 radical (unpaired) electrons. The van der Waals surface area contributed by atoms with E-state index in [9.17, 15) is 9.90 Å². The van der Waals surface area contributed by atoms with Crippen LogP contribution in [0.5, 0.6) is 0 Å². The topological polar surface area (TPSA) is 100 Å². The maximum Gasteiger partial charge on any atom is 0.220 e. The number of methoxy groups -OCH3 is 1. The summed E-state index contributed by atoms with van der Waals surface area (Å²) in [6.07, 6.45) is 1.05. The van der Waals surface area contributed by atoms with E-state index in [1.807, 2.05) is 0 Å². The molecule has 0 bridgehead atoms. The highest BCUT2D eigenvalue weighted by molar-refractivity contribution is 5.74. The number of rotatable bonds is 4. The van der Waals surface area contributed by atoms with Gasteiger partial charge in [0.15, 0.2) is 6.29 Å². The predicted octanol–water partition coefficient (Wildman–Crippen LogP) is -0.311. The quantitative estimate of drug-likeness (QED) is 0.739. The highest BCUT2D eigenvalue weighted by Crippen LogP contribution is 2.39. The van der Waals surface area contributed by atoms with E-state index in [0.29, 0.717) is 0 Å². The summed E-state index contributed by atoms with van der Waals surface area (Å²) in [6, 6.07) is 0. The minimum atomic E-state index is -1.02. The fraction of sp³-hybridized carbons (Fsp3) is 0.929. The van der Waals surface area contributed by atoms with Gasteiger partial charge in [-0.1, -0.05) is 12.8 Å². The molecule has 120 valence electrons. The van der Waals surface area contributed by atoms with Gasteiger partial charge < -0.3 is 29.8 Å². The van der Waals surface area contributed by atoms with Gasteiger partial charge in [0.1, 0.15) is 18.3 Å². The molecule has 2 aliphatic heterocycles. The van der Waals surface area contributed by atoms with Gasteiger partial charge in [-0.3, -0.25) is 4.79 Å². The molecule has 2 saturated heterocycles. The van der Waals surface area contributed by atoms with Gasteiger partial charge in [-0.2, -0.15) is 0 Å². The highest BCUT2D eigenvalue weighted by atomic mass is 16.8. The largest absolute Gasteiger partial charge is 0.390 e. The second kappa shape index (κ2) is 6.18. The Labute approximate surface area is 123 Å². The number of aliphatic hydroxyl groups is 1. The fourth-order valence-corrected chi connectivity index (χ4v) is 3.55. The Morgan fingerprint density at radius 3 is 2.57 bits per heavy atom. The molecule has 3 N–H and O–H groups in total. The lowest BCUT2D eigenvalue weighted by atomic mass is 9.92. The van der Waals surface area contributed by atoms with E-state index in [4.69, 9.17) is 24.7 Å². The first-order chi connectivity index (χ1) is 10.1. The lowest BCUT2D eigenvalue weighted by Gasteiger charge is -2.41. The second-order valence-electron chi connectivity index (χ2n) is 6.01. The molecule has 1 amide bonds. The smallest absolute Gasteiger partial charge is 0.220 e. The van der Waals surface area contributed by atoms with Crippen molar-refractivity contribution in [3.63, 3.8) is 0 Å². The van der Waals surface area contributed by atoms with Gasteiger partial charge in [-0.15, -0.1) is 0 Å². The summed E-state index contributed by atoms with van der Waals surface area (Å²) in [5.41, 5.74) is 5.13. The van der Waals surface area contributed by atoms with E-state index >= 15 is 0 Å². The Morgan fingerprint density at radius 2 is 1.95 bits per heavy atom. The molecule has 2 heterocycles. The van der Waals surface area contributed by atoms with E-state index in [1.54, 1.807) is 0 Å². The van der Waals surface area contributed by atoms with Crippen LogP contribution >= 0.6 is 0 Å². The molecule has 1 saturated carbocycles. The number of fused-ring (bicyclic) bond motifs is 2. The minimum Gasteiger partial charge on any atom is -0.390 e. The molecular formula is C14H23NO6. The van der Waals surface area contributed by atoms with Crippen LogP contribution in [0.15, 0.2) is 0 Å². The van der Waals surface area contributed by atoms with Crippen molar-refractivity contribution in [2.24, 2.45) is 5.73 Å². The first-order valence-electron chi connectivity index (χ1n) is 7.55. The summed E-state index contributed by atoms with van der Waals surface area (Å²) >= 11 is 0. The zero-order chi connectivity index (χ0) is 15.0. The van der Waals surface area contributed by atoms with Gasteiger partial charge in [0.25, 0.3) is 0 Å². The van der Waals surface area contributed by atoms with Crippen LogP contribution in [0.1, 0.15) is 32.1 Å². The molecular weight excluding hydrogens is 278 g/mol. The molecule has 1 aliphatic carbocycles. The summed E-state index contributed by atoms with van der Waals surface area (Å²) in [5.74, 6) is -0.577. The predicted molar refractivity (Wildman–Crippen MR) is 71.3 cm³/mol. The minimum absolute atomic E-state index is 0.0459. The third kappa shape index (κ3) is 2.93. The molecule has 7 atom stereocenters. The number of carbonyl (C=O) groups excluding carboxylic acids is 1. The van der Waals surface area contributed by atoms with E-state index in [0.717, 1.165) is 25.7 Å². The molecule has 21 heavy (non-hydrogen) atoms. The Bertz CT molecular complexity index is 392. The summed E-state index contributed by atoms with van der Waals surface area (Å²) in [6.45, 7) is 0. The van der Waals surface area contributed by atoms with Gasteiger partial charge in [0, 0.05) is 7.11 Å². The Kier molecular flexibility index (Phi) is 4.46. The van der Waals surface area contributed by atoms with Crippen molar-refractivity contribution < 1.29 is 28.8 Å². The number of ether oxygens (including phenoxy) is 4. The molecule has 7 nitrogen and oxygen atoms in total. The van der Waals surface area contributed by atoms with Gasteiger partial charge >= 0.3 is 0 Å². The molecule has 2 unspecified atom stereocenters. The SMILES string of the molecule is CO[C@H]1[C@H]2OC3CCCCC3O[C@H]2O[C@@H]1[C@@H](O)CC(N)=O. The second-order valence-corrected chi connectivity index (χ2v) is 6.01. The van der Waals surface area contributed by atoms with E-state index in [2.05, 4.69) is 0 Å². The zero-order valence-corrected chi connectivity index (χ0v) is 12.1. The Balaban J connectivity index is 1.71. The lowest BCUT2D eigenvalue weighted by molar-refractivity contribution is -0.287. The van der Waals surface area contributed by atoms with Crippen LogP contribution in [0.4, 0.5) is 0 Å². The summed E-state index contributed by atoms with van der Waals surface area (Å²) < 4.78 is 23.3. The molecule has 0 aromatic carbocycles. The van der Waals surface area contributed by atoms with E-state index in [-0.39, 0.29) is 24.7 Å². The summed E-state index contributed by atoms with van der Waals surface area (Å²) in [5, 5.41) is 10.1. The van der Waals surface area contributed by atoms with Crippen molar-refractivity contribution in [1.82, 2.24) is 0 Å². The number of primary amides is 1. The van der Waals surface area contributed by atoms with Crippen LogP contribution < -0.4 is 5.73 Å². The average Bonchev–Trinajstić information content (AvgIpc) is 2.81. The number of carbonyl (C=O) groups is 1. The number of hydrogen-bond acceptors (Lipinski definition) is 6. The van der Waals surface area contributed by atoms with Crippen LogP contribution in [0.2, 0.25) is 0 Å². The van der Waals surface area contributed by atoms with Crippen LogP contribution in [0.3, 0.4) is 0 Å². The van der Waals surface area contributed by atoms with Gasteiger partial charge in [-0.05, 0) is 12.8 Å². The maximum atomic E-state index is 11.0. The molecule has 3 aliphatic rings. The zero-order valence-electron chi connectivity index (χ0n) is 12.1.